The second kappa shape index (κ2) is 61.6. The molecule has 10 heteroatoms. The first-order valence-electron chi connectivity index (χ1n) is 35.3. The van der Waals surface area contributed by atoms with Gasteiger partial charge in [-0.05, 0) is 12.8 Å². The van der Waals surface area contributed by atoms with Crippen LogP contribution in [0.15, 0.2) is 0 Å². The van der Waals surface area contributed by atoms with Crippen LogP contribution in [-0.4, -0.2) is 74.9 Å². The van der Waals surface area contributed by atoms with Gasteiger partial charge in [-0.2, -0.15) is 0 Å². The van der Waals surface area contributed by atoms with Crippen molar-refractivity contribution in [1.29, 1.82) is 0 Å². The summed E-state index contributed by atoms with van der Waals surface area (Å²) in [6, 6.07) is 0. The highest BCUT2D eigenvalue weighted by Crippen LogP contribution is 2.43. The number of likely N-dealkylation sites (N-methyl/N-ethyl adjacent to an activating group) is 1. The van der Waals surface area contributed by atoms with E-state index in [-0.39, 0.29) is 25.6 Å². The number of carbonyl (C=O) groups excluding carboxylic acids is 2. The van der Waals surface area contributed by atoms with Crippen molar-refractivity contribution < 1.29 is 42.1 Å². The van der Waals surface area contributed by atoms with Gasteiger partial charge in [-0.25, -0.2) is 4.57 Å². The van der Waals surface area contributed by atoms with E-state index < -0.39 is 26.5 Å². The van der Waals surface area contributed by atoms with Crippen LogP contribution in [-0.2, 0) is 32.7 Å². The average molecular weight is 1140 g/mol. The largest absolute Gasteiger partial charge is 0.472 e. The maximum absolute atomic E-state index is 12.9. The van der Waals surface area contributed by atoms with Crippen LogP contribution in [0.25, 0.3) is 0 Å². The number of phosphoric acid groups is 1. The quantitative estimate of drug-likeness (QED) is 0.0278. The van der Waals surface area contributed by atoms with Crippen molar-refractivity contribution in [2.45, 2.75) is 386 Å². The number of hydrogen-bond acceptors (Lipinski definition) is 7. The Labute approximate surface area is 493 Å². The SMILES string of the molecule is CCCCCCCCCCCCCCCCCCCCCCCCCCCCCCCCCCCCCCCCC(=O)OC(COC(=O)CCCCCCCCCCCCCCCCCCC)COP(=O)(O)OCC[N+](C)(C)C. The molecule has 0 aromatic carbocycles. The summed E-state index contributed by atoms with van der Waals surface area (Å²) in [7, 11) is 1.51. The number of hydrogen-bond donors (Lipinski definition) is 1. The van der Waals surface area contributed by atoms with Crippen molar-refractivity contribution in [3.05, 3.63) is 0 Å². The zero-order valence-electron chi connectivity index (χ0n) is 53.9. The lowest BCUT2D eigenvalue weighted by atomic mass is 10.0. The molecule has 0 radical (unpaired) electrons. The van der Waals surface area contributed by atoms with Gasteiger partial charge >= 0.3 is 19.8 Å². The van der Waals surface area contributed by atoms with E-state index in [0.29, 0.717) is 17.4 Å². The second-order valence-corrected chi connectivity index (χ2v) is 27.1. The maximum Gasteiger partial charge on any atom is 0.472 e. The van der Waals surface area contributed by atoms with Crippen molar-refractivity contribution in [2.75, 3.05) is 47.5 Å². The van der Waals surface area contributed by atoms with Gasteiger partial charge in [0.05, 0.1) is 27.7 Å². The summed E-state index contributed by atoms with van der Waals surface area (Å²) < 4.78 is 34.7. The lowest BCUT2D eigenvalue weighted by Crippen LogP contribution is -2.37. The van der Waals surface area contributed by atoms with Crippen LogP contribution in [0.3, 0.4) is 0 Å². The Morgan fingerprint density at radius 1 is 0.342 bits per heavy atom. The maximum atomic E-state index is 12.9. The molecule has 9 nitrogen and oxygen atoms in total. The highest BCUT2D eigenvalue weighted by molar-refractivity contribution is 7.47. The standard InChI is InChI=1S/C69H138NO8P/c1-6-8-10-12-14-16-18-20-22-24-25-26-27-28-29-30-31-32-33-34-35-36-37-38-39-40-41-42-43-44-46-48-50-52-54-56-58-60-62-69(72)78-67(66-77-79(73,74)76-64-63-70(3,4)5)65-75-68(71)61-59-57-55-53-51-49-47-45-23-21-19-17-15-13-11-9-7-2/h67H,6-66H2,1-5H3/p+1. The molecule has 0 spiro atoms. The summed E-state index contributed by atoms with van der Waals surface area (Å²) in [5.41, 5.74) is 0. The third-order valence-electron chi connectivity index (χ3n) is 16.4. The third-order valence-corrected chi connectivity index (χ3v) is 17.4. The zero-order chi connectivity index (χ0) is 57.7. The molecule has 0 amide bonds. The molecule has 0 bridgehead atoms. The Morgan fingerprint density at radius 3 is 0.810 bits per heavy atom. The highest BCUT2D eigenvalue weighted by atomic mass is 31.2. The van der Waals surface area contributed by atoms with Gasteiger partial charge in [-0.15, -0.1) is 0 Å². The highest BCUT2D eigenvalue weighted by Gasteiger charge is 2.27. The Kier molecular flexibility index (Phi) is 60.8. The van der Waals surface area contributed by atoms with Crippen LogP contribution in [0, 0.1) is 0 Å². The molecular formula is C69H139NO8P+. The van der Waals surface area contributed by atoms with Gasteiger partial charge in [-0.1, -0.05) is 354 Å². The molecule has 0 aliphatic rings. The molecule has 0 aromatic rings. The van der Waals surface area contributed by atoms with E-state index in [2.05, 4.69) is 13.8 Å². The van der Waals surface area contributed by atoms with Crippen LogP contribution in [0.1, 0.15) is 380 Å². The van der Waals surface area contributed by atoms with E-state index in [1.165, 1.54) is 315 Å². The monoisotopic (exact) mass is 1140 g/mol. The fourth-order valence-electron chi connectivity index (χ4n) is 11.0. The van der Waals surface area contributed by atoms with Crippen molar-refractivity contribution in [2.24, 2.45) is 0 Å². The fraction of sp³-hybridized carbons (Fsp3) is 0.971. The molecule has 0 aromatic heterocycles. The van der Waals surface area contributed by atoms with Gasteiger partial charge in [0.25, 0.3) is 0 Å². The van der Waals surface area contributed by atoms with Gasteiger partial charge in [0.15, 0.2) is 6.10 Å². The van der Waals surface area contributed by atoms with Crippen LogP contribution in [0.5, 0.6) is 0 Å². The molecule has 2 unspecified atom stereocenters. The molecule has 0 aliphatic carbocycles. The molecule has 0 saturated carbocycles. The lowest BCUT2D eigenvalue weighted by Gasteiger charge is -2.24. The first-order valence-corrected chi connectivity index (χ1v) is 36.8. The first kappa shape index (κ1) is 78.0. The Hall–Kier alpha value is -0.990. The fourth-order valence-corrected chi connectivity index (χ4v) is 11.7. The van der Waals surface area contributed by atoms with E-state index >= 15 is 0 Å². The molecule has 472 valence electrons. The molecule has 2 atom stereocenters. The third kappa shape index (κ3) is 66.0. The minimum Gasteiger partial charge on any atom is -0.462 e. The number of rotatable bonds is 67. The predicted molar refractivity (Wildman–Crippen MR) is 340 cm³/mol. The van der Waals surface area contributed by atoms with Gasteiger partial charge in [-0.3, -0.25) is 18.6 Å². The van der Waals surface area contributed by atoms with E-state index in [1.807, 2.05) is 21.1 Å². The molecule has 0 saturated heterocycles. The van der Waals surface area contributed by atoms with E-state index in [0.717, 1.165) is 38.5 Å². The van der Waals surface area contributed by atoms with Crippen molar-refractivity contribution in [1.82, 2.24) is 0 Å². The van der Waals surface area contributed by atoms with Crippen LogP contribution < -0.4 is 0 Å². The van der Waals surface area contributed by atoms with Gasteiger partial charge in [0.2, 0.25) is 0 Å². The van der Waals surface area contributed by atoms with Crippen LogP contribution in [0.2, 0.25) is 0 Å². The number of esters is 2. The van der Waals surface area contributed by atoms with Crippen LogP contribution in [0.4, 0.5) is 0 Å². The summed E-state index contributed by atoms with van der Waals surface area (Å²) in [6.07, 6.45) is 73.8. The molecule has 79 heavy (non-hydrogen) atoms. The molecule has 0 heterocycles. The number of ether oxygens (including phenoxy) is 2. The minimum atomic E-state index is -4.38. The van der Waals surface area contributed by atoms with Gasteiger partial charge in [0, 0.05) is 12.8 Å². The Bertz CT molecular complexity index is 1290. The Balaban J connectivity index is 3.86. The number of quaternary nitrogens is 1. The lowest BCUT2D eigenvalue weighted by molar-refractivity contribution is -0.870. The minimum absolute atomic E-state index is 0.0376. The van der Waals surface area contributed by atoms with Gasteiger partial charge in [0.1, 0.15) is 19.8 Å². The summed E-state index contributed by atoms with van der Waals surface area (Å²) >= 11 is 0. The van der Waals surface area contributed by atoms with Crippen molar-refractivity contribution in [3.8, 4) is 0 Å². The molecular weight excluding hydrogens is 1000 g/mol. The molecule has 0 rings (SSSR count). The number of unbranched alkanes of at least 4 members (excludes halogenated alkanes) is 53. The van der Waals surface area contributed by atoms with E-state index in [9.17, 15) is 19.0 Å². The number of carbonyl (C=O) groups is 2. The summed E-state index contributed by atoms with van der Waals surface area (Å²) in [5.74, 6) is -0.770. The number of phosphoric ester groups is 1. The Morgan fingerprint density at radius 2 is 0.570 bits per heavy atom. The normalized spacial score (nSPS) is 13.0. The smallest absolute Gasteiger partial charge is 0.462 e. The molecule has 0 fully saturated rings. The summed E-state index contributed by atoms with van der Waals surface area (Å²) in [4.78, 5) is 35.8. The first-order chi connectivity index (χ1) is 38.5. The van der Waals surface area contributed by atoms with E-state index in [1.54, 1.807) is 0 Å². The van der Waals surface area contributed by atoms with Crippen LogP contribution >= 0.6 is 7.82 Å². The second-order valence-electron chi connectivity index (χ2n) is 25.6. The van der Waals surface area contributed by atoms with Gasteiger partial charge < -0.3 is 18.9 Å². The molecule has 1 N–H and O–H groups in total. The zero-order valence-corrected chi connectivity index (χ0v) is 54.8. The summed E-state index contributed by atoms with van der Waals surface area (Å²) in [6.45, 7) is 4.52. The van der Waals surface area contributed by atoms with Crippen molar-refractivity contribution >= 4 is 19.8 Å². The number of nitrogens with zero attached hydrogens (tertiary/aromatic N) is 1. The van der Waals surface area contributed by atoms with Crippen molar-refractivity contribution in [3.63, 3.8) is 0 Å². The summed E-state index contributed by atoms with van der Waals surface area (Å²) in [5, 5.41) is 0. The molecule has 0 aliphatic heterocycles. The topological polar surface area (TPSA) is 108 Å². The average Bonchev–Trinajstić information content (AvgIpc) is 3.41. The van der Waals surface area contributed by atoms with E-state index in [4.69, 9.17) is 18.5 Å². The predicted octanol–water partition coefficient (Wildman–Crippen LogP) is 22.6.